The van der Waals surface area contributed by atoms with E-state index in [2.05, 4.69) is 5.32 Å². The van der Waals surface area contributed by atoms with Crippen molar-refractivity contribution in [1.29, 1.82) is 0 Å². The topological polar surface area (TPSA) is 64.6 Å². The number of hydrogen-bond acceptors (Lipinski definition) is 4. The molecule has 0 radical (unpaired) electrons. The van der Waals surface area contributed by atoms with Crippen LogP contribution in [0, 0.1) is 5.82 Å². The molecule has 0 fully saturated rings. The summed E-state index contributed by atoms with van der Waals surface area (Å²) in [6, 6.07) is 3.19. The molecular weight excluding hydrogens is 277 g/mol. The van der Waals surface area contributed by atoms with E-state index in [-0.39, 0.29) is 6.42 Å². The fraction of sp³-hybridized carbons (Fsp3) is 0.467. The molecule has 0 bridgehead atoms. The van der Waals surface area contributed by atoms with Gasteiger partial charge >= 0.3 is 6.09 Å². The monoisotopic (exact) mass is 297 g/mol. The molecule has 1 aromatic rings. The molecule has 5 nitrogen and oxygen atoms in total. The minimum atomic E-state index is -0.719. The summed E-state index contributed by atoms with van der Waals surface area (Å²) >= 11 is 0. The van der Waals surface area contributed by atoms with Crippen molar-refractivity contribution in [3.8, 4) is 5.75 Å². The van der Waals surface area contributed by atoms with Crippen LogP contribution in [-0.2, 0) is 9.53 Å². The molecule has 0 saturated carbocycles. The highest BCUT2D eigenvalue weighted by Crippen LogP contribution is 2.28. The molecule has 0 unspecified atom stereocenters. The maximum Gasteiger partial charge on any atom is 0.408 e. The first kappa shape index (κ1) is 16.9. The predicted octanol–water partition coefficient (Wildman–Crippen LogP) is 2.99. The molecule has 0 aliphatic carbocycles. The highest BCUT2D eigenvalue weighted by Gasteiger charge is 2.22. The van der Waals surface area contributed by atoms with E-state index in [9.17, 15) is 14.0 Å². The summed E-state index contributed by atoms with van der Waals surface area (Å²) in [4.78, 5) is 22.6. The smallest absolute Gasteiger partial charge is 0.408 e. The highest BCUT2D eigenvalue weighted by atomic mass is 19.1. The van der Waals surface area contributed by atoms with Gasteiger partial charge in [-0.25, -0.2) is 9.18 Å². The number of amides is 1. The third kappa shape index (κ3) is 5.41. The number of benzene rings is 1. The number of alkyl carbamates (subject to hydrolysis) is 1. The summed E-state index contributed by atoms with van der Waals surface area (Å²) in [5.74, 6) is -0.0907. The second kappa shape index (κ2) is 7.06. The van der Waals surface area contributed by atoms with Gasteiger partial charge in [0.05, 0.1) is 13.2 Å². The molecule has 0 aromatic heterocycles. The van der Waals surface area contributed by atoms with E-state index in [0.29, 0.717) is 17.6 Å². The van der Waals surface area contributed by atoms with Gasteiger partial charge in [0.25, 0.3) is 0 Å². The van der Waals surface area contributed by atoms with Crippen LogP contribution in [0.2, 0.25) is 0 Å². The Hall–Kier alpha value is -2.11. The molecule has 21 heavy (non-hydrogen) atoms. The van der Waals surface area contributed by atoms with Crippen LogP contribution < -0.4 is 10.1 Å². The summed E-state index contributed by atoms with van der Waals surface area (Å²) in [6.45, 7) is 5.18. The maximum atomic E-state index is 13.4. The number of carbonyl (C=O) groups excluding carboxylic acids is 2. The number of carbonyl (C=O) groups is 2. The van der Waals surface area contributed by atoms with E-state index in [0.717, 1.165) is 0 Å². The van der Waals surface area contributed by atoms with Crippen LogP contribution in [0.25, 0.3) is 0 Å². The Kier molecular flexibility index (Phi) is 5.69. The summed E-state index contributed by atoms with van der Waals surface area (Å²) in [5, 5.41) is 2.55. The number of ether oxygens (including phenoxy) is 2. The van der Waals surface area contributed by atoms with Crippen LogP contribution in [-0.4, -0.2) is 25.1 Å². The molecule has 0 spiro atoms. The summed E-state index contributed by atoms with van der Waals surface area (Å²) in [7, 11) is 1.43. The largest absolute Gasteiger partial charge is 0.496 e. The van der Waals surface area contributed by atoms with Crippen molar-refractivity contribution >= 4 is 12.4 Å². The van der Waals surface area contributed by atoms with E-state index in [4.69, 9.17) is 9.47 Å². The molecule has 1 N–H and O–H groups in total. The molecule has 1 aromatic carbocycles. The molecule has 6 heteroatoms. The van der Waals surface area contributed by atoms with Crippen LogP contribution in [0.15, 0.2) is 18.2 Å². The molecule has 0 saturated heterocycles. The van der Waals surface area contributed by atoms with E-state index in [1.54, 1.807) is 20.8 Å². The van der Waals surface area contributed by atoms with Gasteiger partial charge in [-0.3, -0.25) is 0 Å². The standard InChI is InChI=1S/C15H20FNO4/c1-15(2,3)21-14(19)17-12(7-8-18)11-9-10(16)5-6-13(11)20-4/h5-6,8-9,12H,7H2,1-4H3,(H,17,19)/t12-/m0/s1. The third-order valence-corrected chi connectivity index (χ3v) is 2.59. The van der Waals surface area contributed by atoms with E-state index < -0.39 is 23.6 Å². The summed E-state index contributed by atoms with van der Waals surface area (Å²) in [5.41, 5.74) is -0.280. The lowest BCUT2D eigenvalue weighted by molar-refractivity contribution is -0.108. The third-order valence-electron chi connectivity index (χ3n) is 2.59. The number of rotatable bonds is 5. The minimum absolute atomic E-state index is 0.0148. The van der Waals surface area contributed by atoms with Crippen LogP contribution in [0.4, 0.5) is 9.18 Å². The first-order valence-corrected chi connectivity index (χ1v) is 6.53. The van der Waals surface area contributed by atoms with E-state index in [1.807, 2.05) is 0 Å². The van der Waals surface area contributed by atoms with Gasteiger partial charge < -0.3 is 19.6 Å². The molecular formula is C15H20FNO4. The number of hydrogen-bond donors (Lipinski definition) is 1. The minimum Gasteiger partial charge on any atom is -0.496 e. The predicted molar refractivity (Wildman–Crippen MR) is 75.7 cm³/mol. The Morgan fingerprint density at radius 3 is 2.62 bits per heavy atom. The lowest BCUT2D eigenvalue weighted by atomic mass is 10.0. The molecule has 116 valence electrons. The number of aldehydes is 1. The number of methoxy groups -OCH3 is 1. The molecule has 1 rings (SSSR count). The van der Waals surface area contributed by atoms with Gasteiger partial charge in [-0.15, -0.1) is 0 Å². The highest BCUT2D eigenvalue weighted by molar-refractivity contribution is 5.69. The maximum absolute atomic E-state index is 13.4. The fourth-order valence-electron chi connectivity index (χ4n) is 1.79. The average molecular weight is 297 g/mol. The van der Waals surface area contributed by atoms with Crippen molar-refractivity contribution in [1.82, 2.24) is 5.32 Å². The fourth-order valence-corrected chi connectivity index (χ4v) is 1.79. The Labute approximate surface area is 123 Å². The Morgan fingerprint density at radius 1 is 1.43 bits per heavy atom. The quantitative estimate of drug-likeness (QED) is 0.849. The van der Waals surface area contributed by atoms with Crippen LogP contribution in [0.1, 0.15) is 38.8 Å². The van der Waals surface area contributed by atoms with Gasteiger partial charge in [0, 0.05) is 12.0 Å². The van der Waals surface area contributed by atoms with E-state index >= 15 is 0 Å². The van der Waals surface area contributed by atoms with Crippen molar-refractivity contribution in [2.75, 3.05) is 7.11 Å². The summed E-state index contributed by atoms with van der Waals surface area (Å²) < 4.78 is 23.7. The van der Waals surface area contributed by atoms with Crippen molar-refractivity contribution in [3.05, 3.63) is 29.6 Å². The average Bonchev–Trinajstić information content (AvgIpc) is 2.36. The second-order valence-electron chi connectivity index (χ2n) is 5.49. The Bertz CT molecular complexity index is 511. The van der Waals surface area contributed by atoms with Crippen LogP contribution >= 0.6 is 0 Å². The van der Waals surface area contributed by atoms with Gasteiger partial charge in [0.2, 0.25) is 0 Å². The van der Waals surface area contributed by atoms with Gasteiger partial charge in [-0.1, -0.05) is 0 Å². The molecule has 0 aliphatic rings. The SMILES string of the molecule is COc1ccc(F)cc1[C@H](CC=O)NC(=O)OC(C)(C)C. The second-order valence-corrected chi connectivity index (χ2v) is 5.49. The Morgan fingerprint density at radius 2 is 2.10 bits per heavy atom. The van der Waals surface area contributed by atoms with Gasteiger partial charge in [-0.2, -0.15) is 0 Å². The van der Waals surface area contributed by atoms with Gasteiger partial charge in [-0.05, 0) is 39.0 Å². The molecule has 1 atom stereocenters. The van der Waals surface area contributed by atoms with Crippen molar-refractivity contribution < 1.29 is 23.5 Å². The van der Waals surface area contributed by atoms with Gasteiger partial charge in [0.15, 0.2) is 0 Å². The van der Waals surface area contributed by atoms with Gasteiger partial charge in [0.1, 0.15) is 23.5 Å². The normalized spacial score (nSPS) is 12.4. The van der Waals surface area contributed by atoms with Crippen molar-refractivity contribution in [3.63, 3.8) is 0 Å². The zero-order valence-electron chi connectivity index (χ0n) is 12.6. The first-order valence-electron chi connectivity index (χ1n) is 6.53. The lowest BCUT2D eigenvalue weighted by Crippen LogP contribution is -2.35. The zero-order valence-corrected chi connectivity index (χ0v) is 12.6. The van der Waals surface area contributed by atoms with Crippen molar-refractivity contribution in [2.45, 2.75) is 38.8 Å². The van der Waals surface area contributed by atoms with E-state index in [1.165, 1.54) is 25.3 Å². The first-order chi connectivity index (χ1) is 9.76. The lowest BCUT2D eigenvalue weighted by Gasteiger charge is -2.24. The Balaban J connectivity index is 2.99. The number of nitrogens with one attached hydrogen (secondary N) is 1. The van der Waals surface area contributed by atoms with Crippen LogP contribution in [0.3, 0.4) is 0 Å². The van der Waals surface area contributed by atoms with Crippen LogP contribution in [0.5, 0.6) is 5.75 Å². The zero-order chi connectivity index (χ0) is 16.0. The number of halogens is 1. The molecule has 0 aliphatic heterocycles. The summed E-state index contributed by atoms with van der Waals surface area (Å²) in [6.07, 6.45) is -0.0495. The molecule has 0 heterocycles. The molecule has 1 amide bonds. The van der Waals surface area contributed by atoms with Crippen molar-refractivity contribution in [2.24, 2.45) is 0 Å².